The summed E-state index contributed by atoms with van der Waals surface area (Å²) < 4.78 is 19.2. The van der Waals surface area contributed by atoms with Crippen LogP contribution in [-0.4, -0.2) is 70.8 Å². The molecule has 1 aliphatic heterocycles. The molecule has 1 saturated heterocycles. The maximum atomic E-state index is 14.2. The van der Waals surface area contributed by atoms with Gasteiger partial charge in [0.2, 0.25) is 17.8 Å². The predicted octanol–water partition coefficient (Wildman–Crippen LogP) is 1.98. The molecule has 1 aromatic heterocycles. The smallest absolute Gasteiger partial charge is 0.303 e. The largest absolute Gasteiger partial charge is 0.550 e. The molecule has 13 heteroatoms. The number of carbonyl (C=O) groups excluding carboxylic acids is 1. The summed E-state index contributed by atoms with van der Waals surface area (Å²) in [5.74, 6) is -1.19. The zero-order chi connectivity index (χ0) is 29.6. The zero-order valence-corrected chi connectivity index (χ0v) is 23.9. The number of aromatic nitrogens is 3. The summed E-state index contributed by atoms with van der Waals surface area (Å²) >= 11 is 0. The summed E-state index contributed by atoms with van der Waals surface area (Å²) in [5, 5.41) is 27.5. The van der Waals surface area contributed by atoms with E-state index in [2.05, 4.69) is 37.8 Å². The van der Waals surface area contributed by atoms with E-state index >= 15 is 0 Å². The second-order valence-corrected chi connectivity index (χ2v) is 10.4. The Kier molecular flexibility index (Phi) is 12.8. The van der Waals surface area contributed by atoms with Crippen molar-refractivity contribution in [1.82, 2.24) is 15.0 Å². The first kappa shape index (κ1) is 31.8. The summed E-state index contributed by atoms with van der Waals surface area (Å²) in [4.78, 5) is 34.6. The van der Waals surface area contributed by atoms with E-state index in [4.69, 9.17) is 9.84 Å². The van der Waals surface area contributed by atoms with Gasteiger partial charge in [-0.05, 0) is 38.3 Å². The van der Waals surface area contributed by atoms with Gasteiger partial charge in [-0.1, -0.05) is 25.7 Å². The maximum absolute atomic E-state index is 14.2. The van der Waals surface area contributed by atoms with Crippen LogP contribution in [0.15, 0.2) is 18.2 Å². The number of nitrogens with zero attached hydrogens (tertiary/aromatic N) is 3. The molecule has 41 heavy (non-hydrogen) atoms. The van der Waals surface area contributed by atoms with Crippen LogP contribution < -0.4 is 30.7 Å². The fourth-order valence-electron chi connectivity index (χ4n) is 5.17. The molecule has 2 aromatic rings. The average molecular weight is 576 g/mol. The van der Waals surface area contributed by atoms with Crippen LogP contribution in [0, 0.1) is 5.82 Å². The lowest BCUT2D eigenvalue weighted by atomic mass is 10.1. The minimum absolute atomic E-state index is 0.203. The number of carboxylic acids is 2. The van der Waals surface area contributed by atoms with Crippen LogP contribution in [0.1, 0.15) is 71.1 Å². The third-order valence-corrected chi connectivity index (χ3v) is 7.36. The Bertz CT molecular complexity index is 1120. The normalized spacial score (nSPS) is 18.9. The molecule has 1 aliphatic carbocycles. The summed E-state index contributed by atoms with van der Waals surface area (Å²) in [6.45, 7) is 5.42. The second-order valence-electron chi connectivity index (χ2n) is 10.4. The molecule has 0 radical (unpaired) electrons. The number of nitrogens with one attached hydrogen (secondary N) is 4. The molecule has 1 saturated carbocycles. The molecule has 4 rings (SSSR count). The highest BCUT2D eigenvalue weighted by atomic mass is 19.1. The predicted molar refractivity (Wildman–Crippen MR) is 151 cm³/mol. The standard InChI is InChI=1S/C24H36FN7O.C4H6O4/c1-3-32-14-8-11-19(32)16-26-22-29-23(27-17-9-6-4-5-7-10-17)31-24(30-22)28-18-12-13-21(33-2)20(25)15-18;5-3(6)1-2-4(7)8/h12-13,15,17,19H,3-11,14,16H2,1-2H3,(H3,26,27,28,29,30,31);1-2H2,(H,5,6)(H,7,8). The lowest BCUT2D eigenvalue weighted by Gasteiger charge is -2.21. The highest BCUT2D eigenvalue weighted by Crippen LogP contribution is 2.24. The van der Waals surface area contributed by atoms with E-state index in [1.54, 1.807) is 17.0 Å². The maximum Gasteiger partial charge on any atom is 0.303 e. The number of benzene rings is 1. The van der Waals surface area contributed by atoms with Crippen molar-refractivity contribution in [3.63, 3.8) is 0 Å². The molecule has 1 aromatic carbocycles. The average Bonchev–Trinajstić information content (AvgIpc) is 3.25. The first-order valence-electron chi connectivity index (χ1n) is 14.4. The number of rotatable bonds is 12. The fraction of sp³-hybridized carbons (Fsp3) is 0.607. The Morgan fingerprint density at radius 2 is 1.76 bits per heavy atom. The van der Waals surface area contributed by atoms with E-state index < -0.39 is 24.2 Å². The van der Waals surface area contributed by atoms with Crippen LogP contribution in [-0.2, 0) is 9.59 Å². The van der Waals surface area contributed by atoms with Gasteiger partial charge in [0.1, 0.15) is 6.04 Å². The van der Waals surface area contributed by atoms with Crippen LogP contribution in [0.2, 0.25) is 0 Å². The Labute approximate surface area is 240 Å². The molecule has 226 valence electrons. The van der Waals surface area contributed by atoms with Gasteiger partial charge in [0, 0.05) is 36.6 Å². The summed E-state index contributed by atoms with van der Waals surface area (Å²) in [7, 11) is 1.45. The van der Waals surface area contributed by atoms with Crippen molar-refractivity contribution in [2.75, 3.05) is 42.7 Å². The number of carboxylic acid groups (broad SMARTS) is 2. The topological polar surface area (TPSA) is 166 Å². The van der Waals surface area contributed by atoms with Gasteiger partial charge in [0.25, 0.3) is 0 Å². The van der Waals surface area contributed by atoms with E-state index in [1.165, 1.54) is 58.2 Å². The number of likely N-dealkylation sites (tertiary alicyclic amines) is 1. The van der Waals surface area contributed by atoms with Crippen LogP contribution in [0.5, 0.6) is 5.75 Å². The van der Waals surface area contributed by atoms with Gasteiger partial charge in [-0.2, -0.15) is 15.0 Å². The number of methoxy groups -OCH3 is 1. The lowest BCUT2D eigenvalue weighted by molar-refractivity contribution is -0.908. The monoisotopic (exact) mass is 575 g/mol. The van der Waals surface area contributed by atoms with E-state index in [9.17, 15) is 19.1 Å². The number of quaternary nitrogens is 1. The molecule has 0 bridgehead atoms. The number of carbonyl (C=O) groups is 2. The minimum Gasteiger partial charge on any atom is -0.550 e. The van der Waals surface area contributed by atoms with Crippen molar-refractivity contribution in [2.24, 2.45) is 0 Å². The molecular formula is C28H42FN7O5. The first-order chi connectivity index (χ1) is 19.8. The van der Waals surface area contributed by atoms with E-state index in [0.29, 0.717) is 35.6 Å². The van der Waals surface area contributed by atoms with Crippen molar-refractivity contribution in [3.05, 3.63) is 24.0 Å². The Balaban J connectivity index is 0.000000507. The Morgan fingerprint density at radius 1 is 1.05 bits per heavy atom. The molecule has 2 aliphatic rings. The number of anilines is 4. The summed E-state index contributed by atoms with van der Waals surface area (Å²) in [6.07, 6.45) is 8.98. The summed E-state index contributed by atoms with van der Waals surface area (Å²) in [5.41, 5.74) is 0.559. The van der Waals surface area contributed by atoms with Gasteiger partial charge in [0.15, 0.2) is 11.6 Å². The van der Waals surface area contributed by atoms with Crippen LogP contribution in [0.4, 0.5) is 27.9 Å². The van der Waals surface area contributed by atoms with Crippen molar-refractivity contribution < 1.29 is 33.8 Å². The SMILES string of the molecule is CC[NH+]1CCCC1CNc1nc(Nc2ccc(OC)c(F)c2)nc(NC2CCCCCC2)n1.O=C([O-])CCC(=O)O. The number of ether oxygens (including phenoxy) is 1. The number of hydrogen-bond donors (Lipinski definition) is 5. The van der Waals surface area contributed by atoms with E-state index in [1.807, 2.05) is 0 Å². The molecule has 5 N–H and O–H groups in total. The molecule has 0 spiro atoms. The second kappa shape index (κ2) is 16.5. The fourth-order valence-corrected chi connectivity index (χ4v) is 5.17. The van der Waals surface area contributed by atoms with Gasteiger partial charge >= 0.3 is 5.97 Å². The molecule has 0 amide bonds. The van der Waals surface area contributed by atoms with Gasteiger partial charge in [0.05, 0.1) is 33.2 Å². The Hall–Kier alpha value is -3.74. The third kappa shape index (κ3) is 11.0. The third-order valence-electron chi connectivity index (χ3n) is 7.36. The quantitative estimate of drug-likeness (QED) is 0.235. The van der Waals surface area contributed by atoms with Crippen molar-refractivity contribution in [2.45, 2.75) is 83.2 Å². The van der Waals surface area contributed by atoms with Crippen LogP contribution in [0.3, 0.4) is 0 Å². The van der Waals surface area contributed by atoms with Gasteiger partial charge in [-0.25, -0.2) is 4.39 Å². The van der Waals surface area contributed by atoms with E-state index in [0.717, 1.165) is 25.9 Å². The van der Waals surface area contributed by atoms with Crippen molar-refractivity contribution in [1.29, 1.82) is 0 Å². The molecular weight excluding hydrogens is 533 g/mol. The van der Waals surface area contributed by atoms with Crippen molar-refractivity contribution in [3.8, 4) is 5.75 Å². The van der Waals surface area contributed by atoms with Crippen LogP contribution in [0.25, 0.3) is 0 Å². The van der Waals surface area contributed by atoms with Gasteiger partial charge in [-0.15, -0.1) is 0 Å². The number of halogens is 1. The van der Waals surface area contributed by atoms with Gasteiger partial charge in [-0.3, -0.25) is 4.79 Å². The molecule has 2 atom stereocenters. The lowest BCUT2D eigenvalue weighted by Crippen LogP contribution is -3.14. The first-order valence-corrected chi connectivity index (χ1v) is 14.4. The highest BCUT2D eigenvalue weighted by Gasteiger charge is 2.27. The minimum atomic E-state index is -1.33. The molecule has 2 unspecified atom stereocenters. The molecule has 2 heterocycles. The number of hydrogen-bond acceptors (Lipinski definition) is 10. The molecule has 12 nitrogen and oxygen atoms in total. The van der Waals surface area contributed by atoms with E-state index in [-0.39, 0.29) is 12.2 Å². The highest BCUT2D eigenvalue weighted by molar-refractivity contribution is 5.74. The molecule has 2 fully saturated rings. The zero-order valence-electron chi connectivity index (χ0n) is 23.9. The van der Waals surface area contributed by atoms with Crippen LogP contribution >= 0.6 is 0 Å². The number of likely N-dealkylation sites (N-methyl/N-ethyl adjacent to an activating group) is 1. The van der Waals surface area contributed by atoms with Gasteiger partial charge < -0.3 is 40.6 Å². The van der Waals surface area contributed by atoms with Crippen molar-refractivity contribution >= 4 is 35.5 Å². The number of aliphatic carboxylic acids is 2. The summed E-state index contributed by atoms with van der Waals surface area (Å²) in [6, 6.07) is 5.65. The Morgan fingerprint density at radius 3 is 2.37 bits per heavy atom.